The van der Waals surface area contributed by atoms with E-state index in [1.165, 1.54) is 11.8 Å². The number of aliphatic carboxylic acids is 1. The molecule has 2 rings (SSSR count). The van der Waals surface area contributed by atoms with Crippen LogP contribution in [0.15, 0.2) is 30.3 Å². The van der Waals surface area contributed by atoms with Gasteiger partial charge in [-0.05, 0) is 24.0 Å². The van der Waals surface area contributed by atoms with Gasteiger partial charge in [-0.15, -0.1) is 0 Å². The fraction of sp³-hybridized carbons (Fsp3) is 0.500. The quantitative estimate of drug-likeness (QED) is 0.623. The first-order valence-electron chi connectivity index (χ1n) is 8.58. The van der Waals surface area contributed by atoms with Crippen molar-refractivity contribution in [3.8, 4) is 0 Å². The summed E-state index contributed by atoms with van der Waals surface area (Å²) in [7, 11) is 0. The topological polar surface area (TPSA) is 119 Å². The Balaban J connectivity index is 1.99. The number of likely N-dealkylation sites (tertiary alicyclic amines) is 1. The number of carboxylic acid groups (broad SMARTS) is 1. The van der Waals surface area contributed by atoms with E-state index in [0.29, 0.717) is 12.2 Å². The zero-order valence-electron chi connectivity index (χ0n) is 15.0. The van der Waals surface area contributed by atoms with Crippen molar-refractivity contribution in [2.75, 3.05) is 18.6 Å². The fourth-order valence-corrected chi connectivity index (χ4v) is 3.35. The Morgan fingerprint density at radius 1 is 1.37 bits per heavy atom. The summed E-state index contributed by atoms with van der Waals surface area (Å²) in [6.45, 7) is -0.0474. The van der Waals surface area contributed by atoms with Crippen LogP contribution in [-0.4, -0.2) is 64.7 Å². The van der Waals surface area contributed by atoms with Gasteiger partial charge in [-0.1, -0.05) is 30.3 Å². The highest BCUT2D eigenvalue weighted by Crippen LogP contribution is 2.20. The zero-order valence-corrected chi connectivity index (χ0v) is 15.8. The molecule has 9 heteroatoms. The second-order valence-electron chi connectivity index (χ2n) is 6.26. The number of β-amino-alcohol motifs (C(OH)–C–C–N with tert-alkyl or cyclic N) is 1. The van der Waals surface area contributed by atoms with E-state index in [9.17, 15) is 24.6 Å². The van der Waals surface area contributed by atoms with Crippen LogP contribution in [0.25, 0.3) is 0 Å². The number of ether oxygens (including phenoxy) is 1. The number of thioether (sulfide) groups is 1. The van der Waals surface area contributed by atoms with E-state index in [1.54, 1.807) is 12.1 Å². The highest BCUT2D eigenvalue weighted by atomic mass is 32.2. The summed E-state index contributed by atoms with van der Waals surface area (Å²) in [5.41, 5.74) is 0.805. The van der Waals surface area contributed by atoms with Crippen LogP contribution in [0.3, 0.4) is 0 Å². The van der Waals surface area contributed by atoms with E-state index in [0.717, 1.165) is 10.5 Å². The molecule has 8 nitrogen and oxygen atoms in total. The van der Waals surface area contributed by atoms with Crippen LogP contribution in [0.2, 0.25) is 0 Å². The molecule has 1 fully saturated rings. The fourth-order valence-electron chi connectivity index (χ4n) is 2.88. The standard InChI is InChI=1S/C18H24N2O6S/c1-27-8-7-14(16(22)20-10-13(21)9-15(20)17(23)24)19-18(25)26-11-12-5-3-2-4-6-12/h2-6,13-15,21H,7-11H2,1H3,(H,19,25)(H,23,24)/p-1/t13-,14-,15-/m0/s1. The van der Waals surface area contributed by atoms with Gasteiger partial charge in [0.25, 0.3) is 0 Å². The second-order valence-corrected chi connectivity index (χ2v) is 7.24. The number of amides is 2. The predicted octanol–water partition coefficient (Wildman–Crippen LogP) is -0.254. The summed E-state index contributed by atoms with van der Waals surface area (Å²) in [6.07, 6.45) is 0.402. The summed E-state index contributed by atoms with van der Waals surface area (Å²) in [5.74, 6) is -1.40. The molecule has 0 bridgehead atoms. The monoisotopic (exact) mass is 395 g/mol. The number of carboxylic acids is 1. The van der Waals surface area contributed by atoms with Crippen LogP contribution >= 0.6 is 11.8 Å². The minimum Gasteiger partial charge on any atom is -0.548 e. The maximum absolute atomic E-state index is 12.8. The third-order valence-electron chi connectivity index (χ3n) is 4.25. The number of aliphatic hydroxyl groups is 1. The average molecular weight is 395 g/mol. The molecule has 1 saturated heterocycles. The van der Waals surface area contributed by atoms with Crippen molar-refractivity contribution in [3.05, 3.63) is 35.9 Å². The maximum Gasteiger partial charge on any atom is 0.408 e. The lowest BCUT2D eigenvalue weighted by atomic mass is 10.1. The van der Waals surface area contributed by atoms with Crippen molar-refractivity contribution < 1.29 is 29.3 Å². The smallest absolute Gasteiger partial charge is 0.408 e. The Morgan fingerprint density at radius 3 is 2.70 bits per heavy atom. The number of carbonyl (C=O) groups is 3. The zero-order chi connectivity index (χ0) is 19.8. The Kier molecular flexibility index (Phi) is 7.93. The van der Waals surface area contributed by atoms with Gasteiger partial charge in [0.2, 0.25) is 5.91 Å². The molecule has 1 aromatic rings. The molecule has 2 amide bonds. The first kappa shape index (κ1) is 21.0. The van der Waals surface area contributed by atoms with Gasteiger partial charge in [0.15, 0.2) is 0 Å². The second kappa shape index (κ2) is 10.2. The first-order chi connectivity index (χ1) is 12.9. The molecule has 0 aromatic heterocycles. The number of hydrogen-bond acceptors (Lipinski definition) is 7. The molecule has 1 aliphatic heterocycles. The van der Waals surface area contributed by atoms with Crippen LogP contribution in [0.5, 0.6) is 0 Å². The first-order valence-corrected chi connectivity index (χ1v) is 9.97. The molecule has 0 spiro atoms. The number of hydrogen-bond donors (Lipinski definition) is 2. The molecule has 148 valence electrons. The molecular weight excluding hydrogens is 372 g/mol. The van der Waals surface area contributed by atoms with Crippen LogP contribution in [0.1, 0.15) is 18.4 Å². The molecule has 0 radical (unpaired) electrons. The van der Waals surface area contributed by atoms with Gasteiger partial charge < -0.3 is 30.0 Å². The molecular formula is C18H23N2O6S-. The number of benzene rings is 1. The van der Waals surface area contributed by atoms with Crippen LogP contribution in [-0.2, 0) is 20.9 Å². The minimum atomic E-state index is -1.42. The number of aliphatic hydroxyl groups excluding tert-OH is 1. The third-order valence-corrected chi connectivity index (χ3v) is 4.89. The molecule has 27 heavy (non-hydrogen) atoms. The lowest BCUT2D eigenvalue weighted by molar-refractivity contribution is -0.310. The number of nitrogens with one attached hydrogen (secondary N) is 1. The molecule has 0 unspecified atom stereocenters. The van der Waals surface area contributed by atoms with Crippen LogP contribution in [0.4, 0.5) is 4.79 Å². The Labute approximate surface area is 161 Å². The van der Waals surface area contributed by atoms with Crippen LogP contribution < -0.4 is 10.4 Å². The van der Waals surface area contributed by atoms with Crippen molar-refractivity contribution in [2.24, 2.45) is 0 Å². The number of nitrogens with zero attached hydrogens (tertiary/aromatic N) is 1. The number of rotatable bonds is 8. The number of carbonyl (C=O) groups excluding carboxylic acids is 3. The molecule has 0 aliphatic carbocycles. The van der Waals surface area contributed by atoms with Crippen molar-refractivity contribution in [3.63, 3.8) is 0 Å². The Morgan fingerprint density at radius 2 is 2.07 bits per heavy atom. The van der Waals surface area contributed by atoms with Gasteiger partial charge in [-0.2, -0.15) is 11.8 Å². The summed E-state index contributed by atoms with van der Waals surface area (Å²) in [6, 6.07) is 6.96. The predicted molar refractivity (Wildman–Crippen MR) is 97.7 cm³/mol. The summed E-state index contributed by atoms with van der Waals surface area (Å²) < 4.78 is 5.14. The summed E-state index contributed by atoms with van der Waals surface area (Å²) in [4.78, 5) is 37.2. The third kappa shape index (κ3) is 6.14. The van der Waals surface area contributed by atoms with Gasteiger partial charge in [0.1, 0.15) is 12.6 Å². The molecule has 2 N–H and O–H groups in total. The van der Waals surface area contributed by atoms with Crippen molar-refractivity contribution in [1.29, 1.82) is 0 Å². The largest absolute Gasteiger partial charge is 0.548 e. The van der Waals surface area contributed by atoms with Gasteiger partial charge in [-0.3, -0.25) is 4.79 Å². The van der Waals surface area contributed by atoms with Crippen LogP contribution in [0, 0.1) is 0 Å². The lowest BCUT2D eigenvalue weighted by Crippen LogP contribution is -2.54. The summed E-state index contributed by atoms with van der Waals surface area (Å²) >= 11 is 1.49. The highest BCUT2D eigenvalue weighted by Gasteiger charge is 2.38. The van der Waals surface area contributed by atoms with Gasteiger partial charge in [-0.25, -0.2) is 4.79 Å². The SMILES string of the molecule is CSCC[C@H](NC(=O)OCc1ccccc1)C(=O)N1C[C@@H](O)C[C@H]1C(=O)[O-]. The average Bonchev–Trinajstić information content (AvgIpc) is 3.06. The van der Waals surface area contributed by atoms with Gasteiger partial charge in [0.05, 0.1) is 18.1 Å². The molecule has 1 heterocycles. The van der Waals surface area contributed by atoms with Crippen molar-refractivity contribution in [1.82, 2.24) is 10.2 Å². The lowest BCUT2D eigenvalue weighted by Gasteiger charge is -2.29. The molecule has 3 atom stereocenters. The minimum absolute atomic E-state index is 0.0558. The molecule has 1 aliphatic rings. The van der Waals surface area contributed by atoms with E-state index in [1.807, 2.05) is 24.5 Å². The number of alkyl carbamates (subject to hydrolysis) is 1. The maximum atomic E-state index is 12.8. The Bertz CT molecular complexity index is 657. The highest BCUT2D eigenvalue weighted by molar-refractivity contribution is 7.98. The van der Waals surface area contributed by atoms with Gasteiger partial charge in [0, 0.05) is 13.0 Å². The van der Waals surface area contributed by atoms with E-state index >= 15 is 0 Å². The van der Waals surface area contributed by atoms with Crippen molar-refractivity contribution in [2.45, 2.75) is 37.6 Å². The van der Waals surface area contributed by atoms with Crippen molar-refractivity contribution >= 4 is 29.7 Å². The molecule has 0 saturated carbocycles. The van der Waals surface area contributed by atoms with E-state index < -0.39 is 36.2 Å². The molecule has 1 aromatic carbocycles. The Hall–Kier alpha value is -2.26. The van der Waals surface area contributed by atoms with Gasteiger partial charge >= 0.3 is 6.09 Å². The van der Waals surface area contributed by atoms with E-state index in [4.69, 9.17) is 4.74 Å². The van der Waals surface area contributed by atoms with E-state index in [2.05, 4.69) is 5.32 Å². The summed E-state index contributed by atoms with van der Waals surface area (Å²) in [5, 5.41) is 23.5. The normalized spacial score (nSPS) is 20.1. The van der Waals surface area contributed by atoms with E-state index in [-0.39, 0.29) is 19.6 Å².